The van der Waals surface area contributed by atoms with Gasteiger partial charge in [0.2, 0.25) is 0 Å². The molecular formula is C15H10ClN. The Balaban J connectivity index is 2.38. The second-order valence-electron chi connectivity index (χ2n) is 4.44. The molecule has 0 atom stereocenters. The average molecular weight is 240 g/mol. The molecule has 1 aliphatic rings. The van der Waals surface area contributed by atoms with Crippen molar-refractivity contribution in [3.8, 4) is 0 Å². The van der Waals surface area contributed by atoms with Gasteiger partial charge in [-0.3, -0.25) is 0 Å². The van der Waals surface area contributed by atoms with Gasteiger partial charge in [0.25, 0.3) is 0 Å². The standard InChI is InChI=1S/C15H10ClN/c16-11-8-10-4-3-7-17-14-6-2-1-5-12(14)13(9-11)15(10)17/h1-3,5-9H,4H2. The van der Waals surface area contributed by atoms with Crippen LogP contribution in [0.2, 0.25) is 5.02 Å². The minimum atomic E-state index is 0.825. The van der Waals surface area contributed by atoms with Gasteiger partial charge in [-0.2, -0.15) is 0 Å². The maximum Gasteiger partial charge on any atom is 0.0570 e. The fraction of sp³-hybridized carbons (Fsp3) is 0.0667. The quantitative estimate of drug-likeness (QED) is 0.545. The fourth-order valence-corrected chi connectivity index (χ4v) is 3.01. The molecule has 3 aromatic rings. The Bertz CT molecular complexity index is 780. The van der Waals surface area contributed by atoms with Gasteiger partial charge in [-0.15, -0.1) is 0 Å². The number of hydrogen-bond donors (Lipinski definition) is 0. The molecule has 1 nitrogen and oxygen atoms in total. The topological polar surface area (TPSA) is 4.93 Å². The average Bonchev–Trinajstić information content (AvgIpc) is 2.67. The van der Waals surface area contributed by atoms with Crippen LogP contribution in [0.25, 0.3) is 28.0 Å². The van der Waals surface area contributed by atoms with Gasteiger partial charge in [0.1, 0.15) is 0 Å². The van der Waals surface area contributed by atoms with E-state index < -0.39 is 0 Å². The van der Waals surface area contributed by atoms with Crippen LogP contribution in [-0.2, 0) is 6.42 Å². The number of allylic oxidation sites excluding steroid dienone is 1. The Labute approximate surface area is 104 Å². The molecule has 0 N–H and O–H groups in total. The summed E-state index contributed by atoms with van der Waals surface area (Å²) in [6.45, 7) is 0. The summed E-state index contributed by atoms with van der Waals surface area (Å²) in [7, 11) is 0. The number of aromatic nitrogens is 1. The highest BCUT2D eigenvalue weighted by molar-refractivity contribution is 6.32. The molecule has 4 rings (SSSR count). The first kappa shape index (κ1) is 9.32. The van der Waals surface area contributed by atoms with E-state index in [-0.39, 0.29) is 0 Å². The van der Waals surface area contributed by atoms with Gasteiger partial charge in [0.05, 0.1) is 11.0 Å². The molecule has 17 heavy (non-hydrogen) atoms. The molecule has 82 valence electrons. The van der Waals surface area contributed by atoms with Crippen molar-refractivity contribution in [2.24, 2.45) is 0 Å². The third-order valence-corrected chi connectivity index (χ3v) is 3.66. The van der Waals surface area contributed by atoms with E-state index in [1.165, 1.54) is 27.4 Å². The number of hydrogen-bond acceptors (Lipinski definition) is 0. The van der Waals surface area contributed by atoms with Crippen LogP contribution in [0.3, 0.4) is 0 Å². The van der Waals surface area contributed by atoms with Crippen molar-refractivity contribution in [2.75, 3.05) is 0 Å². The first-order valence-electron chi connectivity index (χ1n) is 5.72. The number of fused-ring (bicyclic) bond motifs is 3. The van der Waals surface area contributed by atoms with Crippen molar-refractivity contribution >= 4 is 39.6 Å². The van der Waals surface area contributed by atoms with Crippen LogP contribution in [0.4, 0.5) is 0 Å². The van der Waals surface area contributed by atoms with Crippen molar-refractivity contribution in [3.63, 3.8) is 0 Å². The third kappa shape index (κ3) is 1.15. The summed E-state index contributed by atoms with van der Waals surface area (Å²) in [4.78, 5) is 0. The Kier molecular flexibility index (Phi) is 1.72. The van der Waals surface area contributed by atoms with Crippen molar-refractivity contribution in [1.29, 1.82) is 0 Å². The monoisotopic (exact) mass is 239 g/mol. The van der Waals surface area contributed by atoms with Crippen molar-refractivity contribution in [3.05, 3.63) is 53.1 Å². The highest BCUT2D eigenvalue weighted by Crippen LogP contribution is 2.35. The highest BCUT2D eigenvalue weighted by Gasteiger charge is 2.15. The van der Waals surface area contributed by atoms with Gasteiger partial charge in [0.15, 0.2) is 0 Å². The molecule has 0 saturated carbocycles. The van der Waals surface area contributed by atoms with Gasteiger partial charge in [-0.05, 0) is 30.2 Å². The van der Waals surface area contributed by atoms with Crippen LogP contribution in [-0.4, -0.2) is 4.57 Å². The third-order valence-electron chi connectivity index (χ3n) is 3.44. The number of para-hydroxylation sites is 1. The van der Waals surface area contributed by atoms with Crippen molar-refractivity contribution in [2.45, 2.75) is 6.42 Å². The highest BCUT2D eigenvalue weighted by atomic mass is 35.5. The Hall–Kier alpha value is -1.73. The predicted octanol–water partition coefficient (Wildman–Crippen LogP) is 4.47. The Morgan fingerprint density at radius 3 is 2.88 bits per heavy atom. The molecule has 0 radical (unpaired) electrons. The summed E-state index contributed by atoms with van der Waals surface area (Å²) < 4.78 is 2.26. The van der Waals surface area contributed by atoms with Crippen LogP contribution in [0.1, 0.15) is 5.56 Å². The largest absolute Gasteiger partial charge is 0.316 e. The number of nitrogens with zero attached hydrogens (tertiary/aromatic N) is 1. The molecule has 0 amide bonds. The molecular weight excluding hydrogens is 230 g/mol. The molecule has 1 aromatic heterocycles. The molecule has 0 fully saturated rings. The zero-order valence-electron chi connectivity index (χ0n) is 9.15. The Morgan fingerprint density at radius 1 is 1.06 bits per heavy atom. The molecule has 0 spiro atoms. The lowest BCUT2D eigenvalue weighted by Gasteiger charge is -2.10. The maximum atomic E-state index is 6.20. The van der Waals surface area contributed by atoms with Gasteiger partial charge in [-0.1, -0.05) is 35.9 Å². The van der Waals surface area contributed by atoms with E-state index in [0.717, 1.165) is 11.4 Å². The van der Waals surface area contributed by atoms with E-state index in [1.54, 1.807) is 0 Å². The van der Waals surface area contributed by atoms with E-state index in [0.29, 0.717) is 0 Å². The lowest BCUT2D eigenvalue weighted by molar-refractivity contribution is 1.17. The van der Waals surface area contributed by atoms with Crippen LogP contribution >= 0.6 is 11.6 Å². The van der Waals surface area contributed by atoms with Gasteiger partial charge < -0.3 is 4.57 Å². The first-order chi connectivity index (χ1) is 8.34. The molecule has 2 aromatic carbocycles. The second kappa shape index (κ2) is 3.14. The molecule has 0 bridgehead atoms. The smallest absolute Gasteiger partial charge is 0.0570 e. The lowest BCUT2D eigenvalue weighted by atomic mass is 10.1. The van der Waals surface area contributed by atoms with E-state index in [9.17, 15) is 0 Å². The van der Waals surface area contributed by atoms with Crippen molar-refractivity contribution in [1.82, 2.24) is 4.57 Å². The molecule has 0 saturated heterocycles. The number of benzene rings is 2. The van der Waals surface area contributed by atoms with E-state index in [1.807, 2.05) is 0 Å². The summed E-state index contributed by atoms with van der Waals surface area (Å²) in [5.41, 5.74) is 3.87. The number of rotatable bonds is 0. The van der Waals surface area contributed by atoms with Gasteiger partial charge >= 0.3 is 0 Å². The molecule has 0 unspecified atom stereocenters. The molecule has 1 aliphatic heterocycles. The Morgan fingerprint density at radius 2 is 1.94 bits per heavy atom. The van der Waals surface area contributed by atoms with E-state index in [2.05, 4.69) is 53.2 Å². The lowest BCUT2D eigenvalue weighted by Crippen LogP contribution is -1.96. The van der Waals surface area contributed by atoms with Crippen LogP contribution < -0.4 is 0 Å². The minimum absolute atomic E-state index is 0.825. The second-order valence-corrected chi connectivity index (χ2v) is 4.87. The van der Waals surface area contributed by atoms with Crippen LogP contribution in [0.5, 0.6) is 0 Å². The van der Waals surface area contributed by atoms with E-state index >= 15 is 0 Å². The predicted molar refractivity (Wildman–Crippen MR) is 73.5 cm³/mol. The van der Waals surface area contributed by atoms with Gasteiger partial charge in [-0.25, -0.2) is 0 Å². The van der Waals surface area contributed by atoms with E-state index in [4.69, 9.17) is 11.6 Å². The van der Waals surface area contributed by atoms with Gasteiger partial charge in [0, 0.05) is 22.0 Å². The molecule has 2 heteroatoms. The zero-order chi connectivity index (χ0) is 11.4. The SMILES string of the molecule is Clc1cc2c3c(c1)c1ccccc1n3C=CC2. The normalized spacial score (nSPS) is 13.7. The molecule has 2 heterocycles. The van der Waals surface area contributed by atoms with Crippen molar-refractivity contribution < 1.29 is 0 Å². The van der Waals surface area contributed by atoms with Crippen LogP contribution in [0, 0.1) is 0 Å². The summed E-state index contributed by atoms with van der Waals surface area (Å²) >= 11 is 6.20. The zero-order valence-corrected chi connectivity index (χ0v) is 9.91. The first-order valence-corrected chi connectivity index (χ1v) is 6.10. The summed E-state index contributed by atoms with van der Waals surface area (Å²) in [6, 6.07) is 12.6. The number of halogens is 1. The fourth-order valence-electron chi connectivity index (χ4n) is 2.77. The summed E-state index contributed by atoms with van der Waals surface area (Å²) in [5, 5.41) is 3.36. The maximum absolute atomic E-state index is 6.20. The summed E-state index contributed by atoms with van der Waals surface area (Å²) in [6.07, 6.45) is 5.31. The molecule has 0 aliphatic carbocycles. The van der Waals surface area contributed by atoms with Crippen LogP contribution in [0.15, 0.2) is 42.5 Å². The minimum Gasteiger partial charge on any atom is -0.316 e. The summed E-state index contributed by atoms with van der Waals surface area (Å²) in [5.74, 6) is 0.